The number of hydrogen-bond acceptors (Lipinski definition) is 5. The summed E-state index contributed by atoms with van der Waals surface area (Å²) < 4.78 is 45.4. The van der Waals surface area contributed by atoms with Crippen molar-refractivity contribution in [3.63, 3.8) is 0 Å². The summed E-state index contributed by atoms with van der Waals surface area (Å²) in [5.41, 5.74) is 5.60. The van der Waals surface area contributed by atoms with Gasteiger partial charge in [0.15, 0.2) is 0 Å². The molecule has 1 aromatic rings. The van der Waals surface area contributed by atoms with E-state index in [0.29, 0.717) is 6.61 Å². The highest BCUT2D eigenvalue weighted by molar-refractivity contribution is 7.89. The highest BCUT2D eigenvalue weighted by Gasteiger charge is 2.19. The maximum atomic E-state index is 13.5. The molecule has 0 radical (unpaired) electrons. The Bertz CT molecular complexity index is 576. The first-order valence-corrected chi connectivity index (χ1v) is 8.00. The highest BCUT2D eigenvalue weighted by Crippen LogP contribution is 2.21. The lowest BCUT2D eigenvalue weighted by molar-refractivity contribution is 0.122. The molecule has 1 rings (SSSR count). The Morgan fingerprint density at radius 3 is 2.62 bits per heavy atom. The first kappa shape index (κ1) is 17.8. The topological polar surface area (TPSA) is 84.7 Å². The predicted molar refractivity (Wildman–Crippen MR) is 80.1 cm³/mol. The number of sulfonamides is 1. The number of halogens is 1. The molecule has 0 aliphatic heterocycles. The maximum Gasteiger partial charge on any atom is 0.241 e. The quantitative estimate of drug-likeness (QED) is 0.541. The molecule has 21 heavy (non-hydrogen) atoms. The number of nitrogens with zero attached hydrogens (tertiary/aromatic N) is 1. The molecule has 3 N–H and O–H groups in total. The van der Waals surface area contributed by atoms with E-state index in [1.807, 2.05) is 19.0 Å². The van der Waals surface area contributed by atoms with Crippen LogP contribution in [0.15, 0.2) is 17.0 Å². The molecule has 0 amide bonds. The number of benzene rings is 1. The van der Waals surface area contributed by atoms with Gasteiger partial charge in [0.25, 0.3) is 0 Å². The highest BCUT2D eigenvalue weighted by atomic mass is 32.2. The third-order valence-corrected chi connectivity index (χ3v) is 4.42. The second-order valence-electron chi connectivity index (χ2n) is 4.94. The summed E-state index contributed by atoms with van der Waals surface area (Å²) in [4.78, 5) is 1.82. The summed E-state index contributed by atoms with van der Waals surface area (Å²) in [6.45, 7) is 3.03. The predicted octanol–water partition coefficient (Wildman–Crippen LogP) is 0.573. The van der Waals surface area contributed by atoms with Crippen molar-refractivity contribution in [2.45, 2.75) is 11.8 Å². The van der Waals surface area contributed by atoms with Crippen molar-refractivity contribution in [1.29, 1.82) is 0 Å². The van der Waals surface area contributed by atoms with Crippen molar-refractivity contribution in [2.75, 3.05) is 46.1 Å². The first-order chi connectivity index (χ1) is 9.74. The molecule has 0 aliphatic rings. The van der Waals surface area contributed by atoms with Gasteiger partial charge in [0, 0.05) is 24.3 Å². The van der Waals surface area contributed by atoms with Crippen LogP contribution >= 0.6 is 0 Å². The zero-order valence-corrected chi connectivity index (χ0v) is 13.3. The minimum absolute atomic E-state index is 0.0465. The van der Waals surface area contributed by atoms with Crippen LogP contribution in [0, 0.1) is 12.7 Å². The Morgan fingerprint density at radius 2 is 2.00 bits per heavy atom. The summed E-state index contributed by atoms with van der Waals surface area (Å²) in [6.07, 6.45) is 0. The van der Waals surface area contributed by atoms with E-state index in [4.69, 9.17) is 10.5 Å². The monoisotopic (exact) mass is 319 g/mol. The van der Waals surface area contributed by atoms with Crippen LogP contribution in [0.2, 0.25) is 0 Å². The van der Waals surface area contributed by atoms with Crippen LogP contribution < -0.4 is 10.5 Å². The first-order valence-electron chi connectivity index (χ1n) is 6.52. The van der Waals surface area contributed by atoms with Gasteiger partial charge in [0.1, 0.15) is 5.82 Å². The number of likely N-dealkylation sites (N-methyl/N-ethyl adjacent to an activating group) is 1. The van der Waals surface area contributed by atoms with E-state index >= 15 is 0 Å². The van der Waals surface area contributed by atoms with E-state index in [-0.39, 0.29) is 29.3 Å². The van der Waals surface area contributed by atoms with Gasteiger partial charge in [-0.05, 0) is 33.2 Å². The van der Waals surface area contributed by atoms with E-state index in [0.717, 1.165) is 12.6 Å². The molecular weight excluding hydrogens is 297 g/mol. The zero-order chi connectivity index (χ0) is 16.0. The Kier molecular flexibility index (Phi) is 6.53. The van der Waals surface area contributed by atoms with Crippen molar-refractivity contribution < 1.29 is 17.5 Å². The molecule has 0 spiro atoms. The number of nitrogens with one attached hydrogen (secondary N) is 1. The average Bonchev–Trinajstić information content (AvgIpc) is 2.37. The van der Waals surface area contributed by atoms with E-state index in [1.54, 1.807) is 0 Å². The van der Waals surface area contributed by atoms with Gasteiger partial charge in [-0.25, -0.2) is 17.5 Å². The molecule has 0 saturated heterocycles. The molecule has 0 saturated carbocycles. The Labute approximate surface area is 125 Å². The largest absolute Gasteiger partial charge is 0.399 e. The van der Waals surface area contributed by atoms with E-state index in [9.17, 15) is 12.8 Å². The van der Waals surface area contributed by atoms with Gasteiger partial charge in [-0.3, -0.25) is 0 Å². The molecule has 0 atom stereocenters. The molecule has 0 aliphatic carbocycles. The Morgan fingerprint density at radius 1 is 1.33 bits per heavy atom. The SMILES string of the molecule is Cc1c(F)cc(N)cc1S(=O)(=O)NCCOCCN(C)C. The lowest BCUT2D eigenvalue weighted by Gasteiger charge is -2.12. The number of nitrogen functional groups attached to an aromatic ring is 1. The number of rotatable bonds is 8. The summed E-state index contributed by atoms with van der Waals surface area (Å²) in [7, 11) is 0.0398. The fourth-order valence-corrected chi connectivity index (χ4v) is 2.93. The third kappa shape index (κ3) is 5.58. The zero-order valence-electron chi connectivity index (χ0n) is 12.5. The molecule has 0 aromatic heterocycles. The van der Waals surface area contributed by atoms with Gasteiger partial charge in [-0.2, -0.15) is 0 Å². The van der Waals surface area contributed by atoms with Gasteiger partial charge in [-0.1, -0.05) is 0 Å². The van der Waals surface area contributed by atoms with Crippen LogP contribution in [0.1, 0.15) is 5.56 Å². The smallest absolute Gasteiger partial charge is 0.241 e. The lowest BCUT2D eigenvalue weighted by Crippen LogP contribution is -2.29. The van der Waals surface area contributed by atoms with Crippen LogP contribution in [0.5, 0.6) is 0 Å². The van der Waals surface area contributed by atoms with Crippen LogP contribution in [-0.2, 0) is 14.8 Å². The summed E-state index contributed by atoms with van der Waals surface area (Å²) >= 11 is 0. The van der Waals surface area contributed by atoms with E-state index < -0.39 is 15.8 Å². The molecule has 6 nitrogen and oxygen atoms in total. The fraction of sp³-hybridized carbons (Fsp3) is 0.538. The van der Waals surface area contributed by atoms with E-state index in [2.05, 4.69) is 4.72 Å². The van der Waals surface area contributed by atoms with Gasteiger partial charge in [0.05, 0.1) is 18.1 Å². The molecule has 0 fully saturated rings. The second kappa shape index (κ2) is 7.69. The van der Waals surface area contributed by atoms with Crippen molar-refractivity contribution >= 4 is 15.7 Å². The molecule has 8 heteroatoms. The van der Waals surface area contributed by atoms with Gasteiger partial charge in [-0.15, -0.1) is 0 Å². The van der Waals surface area contributed by atoms with Crippen LogP contribution in [0.4, 0.5) is 10.1 Å². The molecule has 1 aromatic carbocycles. The number of ether oxygens (including phenoxy) is 1. The molecular formula is C13H22FN3O3S. The van der Waals surface area contributed by atoms with Crippen LogP contribution in [-0.4, -0.2) is 53.7 Å². The lowest BCUT2D eigenvalue weighted by atomic mass is 10.2. The molecule has 120 valence electrons. The Balaban J connectivity index is 2.59. The summed E-state index contributed by atoms with van der Waals surface area (Å²) in [6, 6.07) is 2.34. The molecule has 0 heterocycles. The van der Waals surface area contributed by atoms with Crippen molar-refractivity contribution in [3.05, 3.63) is 23.5 Å². The average molecular weight is 319 g/mol. The van der Waals surface area contributed by atoms with Crippen LogP contribution in [0.25, 0.3) is 0 Å². The number of hydrogen-bond donors (Lipinski definition) is 2. The van der Waals surface area contributed by atoms with Crippen molar-refractivity contribution in [2.24, 2.45) is 0 Å². The fourth-order valence-electron chi connectivity index (χ4n) is 1.63. The Hall–Kier alpha value is -1.22. The summed E-state index contributed by atoms with van der Waals surface area (Å²) in [5.74, 6) is -0.641. The number of nitrogens with two attached hydrogens (primary N) is 1. The third-order valence-electron chi connectivity index (χ3n) is 2.83. The maximum absolute atomic E-state index is 13.5. The molecule has 0 unspecified atom stereocenters. The number of anilines is 1. The van der Waals surface area contributed by atoms with Crippen LogP contribution in [0.3, 0.4) is 0 Å². The normalized spacial score (nSPS) is 12.0. The van der Waals surface area contributed by atoms with Gasteiger partial charge >= 0.3 is 0 Å². The minimum atomic E-state index is -3.80. The standard InChI is InChI=1S/C13H22FN3O3S/c1-10-12(14)8-11(15)9-13(10)21(18,19)16-4-6-20-7-5-17(2)3/h8-9,16H,4-7,15H2,1-3H3. The van der Waals surface area contributed by atoms with Gasteiger partial charge < -0.3 is 15.4 Å². The van der Waals surface area contributed by atoms with E-state index in [1.165, 1.54) is 13.0 Å². The van der Waals surface area contributed by atoms with Crippen molar-refractivity contribution in [1.82, 2.24) is 9.62 Å². The van der Waals surface area contributed by atoms with Crippen molar-refractivity contribution in [3.8, 4) is 0 Å². The van der Waals surface area contributed by atoms with Gasteiger partial charge in [0.2, 0.25) is 10.0 Å². The molecule has 0 bridgehead atoms. The summed E-state index contributed by atoms with van der Waals surface area (Å²) in [5, 5.41) is 0. The second-order valence-corrected chi connectivity index (χ2v) is 6.67. The minimum Gasteiger partial charge on any atom is -0.399 e.